The van der Waals surface area contributed by atoms with Crippen LogP contribution >= 0.6 is 0 Å². The van der Waals surface area contributed by atoms with Crippen LogP contribution in [0, 0.1) is 0 Å². The van der Waals surface area contributed by atoms with Gasteiger partial charge in [-0.25, -0.2) is 8.42 Å². The van der Waals surface area contributed by atoms with Gasteiger partial charge in [0.2, 0.25) is 0 Å². The summed E-state index contributed by atoms with van der Waals surface area (Å²) < 4.78 is 24.0. The van der Waals surface area contributed by atoms with Gasteiger partial charge in [-0.2, -0.15) is 0 Å². The Kier molecular flexibility index (Phi) is 2.40. The molecule has 1 aromatic rings. The molecule has 0 fully saturated rings. The van der Waals surface area contributed by atoms with Crippen molar-refractivity contribution in [3.8, 4) is 0 Å². The Morgan fingerprint density at radius 3 is 2.56 bits per heavy atom. The minimum atomic E-state index is -3.18. The molecule has 88 valence electrons. The number of benzene rings is 1. The molecular weight excluding hydrogens is 224 g/mol. The molecule has 0 bridgehead atoms. The molecule has 1 heterocycles. The molecule has 1 unspecified atom stereocenters. The fourth-order valence-corrected chi connectivity index (χ4v) is 3.85. The number of hydrogen-bond donors (Lipinski definition) is 1. The zero-order valence-electron chi connectivity index (χ0n) is 9.69. The van der Waals surface area contributed by atoms with Crippen LogP contribution in [0.1, 0.15) is 31.9 Å². The maximum atomic E-state index is 12.0. The molecule has 1 aliphatic rings. The van der Waals surface area contributed by atoms with Crippen molar-refractivity contribution in [1.82, 2.24) is 0 Å². The average molecular weight is 240 g/mol. The summed E-state index contributed by atoms with van der Waals surface area (Å²) >= 11 is 0. The van der Waals surface area contributed by atoms with Gasteiger partial charge in [-0.05, 0) is 44.4 Å². The summed E-state index contributed by atoms with van der Waals surface area (Å²) in [4.78, 5) is 0.389. The van der Waals surface area contributed by atoms with Crippen LogP contribution in [0.25, 0.3) is 0 Å². The third-order valence-corrected chi connectivity index (χ3v) is 5.34. The molecule has 0 radical (unpaired) electrons. The predicted octanol–water partition coefficient (Wildman–Crippen LogP) is 1.63. The SMILES string of the molecule is CC1Cc2c(C(C)(C)O)cccc2S1(=O)=O. The molecule has 0 spiro atoms. The van der Waals surface area contributed by atoms with E-state index in [-0.39, 0.29) is 5.25 Å². The molecule has 4 heteroatoms. The van der Waals surface area contributed by atoms with Crippen LogP contribution in [-0.2, 0) is 21.9 Å². The highest BCUT2D eigenvalue weighted by molar-refractivity contribution is 7.92. The van der Waals surface area contributed by atoms with Crippen LogP contribution in [-0.4, -0.2) is 18.8 Å². The zero-order valence-corrected chi connectivity index (χ0v) is 10.5. The smallest absolute Gasteiger partial charge is 0.181 e. The largest absolute Gasteiger partial charge is 0.386 e. The van der Waals surface area contributed by atoms with Gasteiger partial charge < -0.3 is 5.11 Å². The standard InChI is InChI=1S/C12H16O3S/c1-8-7-9-10(12(2,3)13)5-4-6-11(9)16(8,14)15/h4-6,8,13H,7H2,1-3H3. The van der Waals surface area contributed by atoms with Crippen LogP contribution in [0.2, 0.25) is 0 Å². The minimum absolute atomic E-state index is 0.383. The van der Waals surface area contributed by atoms with Crippen molar-refractivity contribution in [3.05, 3.63) is 29.3 Å². The predicted molar refractivity (Wildman–Crippen MR) is 62.0 cm³/mol. The Bertz CT molecular complexity index is 524. The first kappa shape index (κ1) is 11.6. The summed E-state index contributed by atoms with van der Waals surface area (Å²) in [5, 5.41) is 9.63. The Morgan fingerprint density at radius 1 is 1.38 bits per heavy atom. The minimum Gasteiger partial charge on any atom is -0.386 e. The Morgan fingerprint density at radius 2 is 2.00 bits per heavy atom. The van der Waals surface area contributed by atoms with E-state index < -0.39 is 15.4 Å². The maximum Gasteiger partial charge on any atom is 0.181 e. The van der Waals surface area contributed by atoms with Crippen LogP contribution in [0.5, 0.6) is 0 Å². The molecule has 0 aliphatic carbocycles. The van der Waals surface area contributed by atoms with Gasteiger partial charge in [0.15, 0.2) is 9.84 Å². The summed E-state index contributed by atoms with van der Waals surface area (Å²) in [6.07, 6.45) is 0.498. The molecule has 3 nitrogen and oxygen atoms in total. The van der Waals surface area contributed by atoms with Gasteiger partial charge in [-0.1, -0.05) is 12.1 Å². The van der Waals surface area contributed by atoms with E-state index in [2.05, 4.69) is 0 Å². The van der Waals surface area contributed by atoms with Gasteiger partial charge in [0.05, 0.1) is 15.7 Å². The number of rotatable bonds is 1. The molecule has 1 aliphatic heterocycles. The topological polar surface area (TPSA) is 54.4 Å². The van der Waals surface area contributed by atoms with Crippen LogP contribution in [0.3, 0.4) is 0 Å². The van der Waals surface area contributed by atoms with Gasteiger partial charge in [0.25, 0.3) is 0 Å². The molecule has 1 aromatic carbocycles. The lowest BCUT2D eigenvalue weighted by atomic mass is 9.91. The first-order valence-corrected chi connectivity index (χ1v) is 6.88. The van der Waals surface area contributed by atoms with E-state index in [9.17, 15) is 13.5 Å². The lowest BCUT2D eigenvalue weighted by molar-refractivity contribution is 0.0774. The first-order valence-electron chi connectivity index (χ1n) is 5.33. The second-order valence-corrected chi connectivity index (χ2v) is 7.24. The van der Waals surface area contributed by atoms with Crippen molar-refractivity contribution in [3.63, 3.8) is 0 Å². The third kappa shape index (κ3) is 1.57. The maximum absolute atomic E-state index is 12.0. The van der Waals surface area contributed by atoms with E-state index >= 15 is 0 Å². The molecule has 0 amide bonds. The third-order valence-electron chi connectivity index (χ3n) is 3.12. The molecule has 0 saturated heterocycles. The van der Waals surface area contributed by atoms with Gasteiger partial charge in [-0.3, -0.25) is 0 Å². The summed E-state index contributed by atoms with van der Waals surface area (Å²) in [6.45, 7) is 5.07. The summed E-state index contributed by atoms with van der Waals surface area (Å²) in [7, 11) is -3.18. The van der Waals surface area contributed by atoms with Gasteiger partial charge >= 0.3 is 0 Å². The van der Waals surface area contributed by atoms with E-state index in [1.807, 2.05) is 0 Å². The van der Waals surface area contributed by atoms with Gasteiger partial charge in [0.1, 0.15) is 0 Å². The normalized spacial score (nSPS) is 23.1. The number of fused-ring (bicyclic) bond motifs is 1. The molecule has 2 rings (SSSR count). The Hall–Kier alpha value is -0.870. The second-order valence-electron chi connectivity index (χ2n) is 4.90. The van der Waals surface area contributed by atoms with Crippen molar-refractivity contribution in [1.29, 1.82) is 0 Å². The van der Waals surface area contributed by atoms with Crippen LogP contribution in [0.15, 0.2) is 23.1 Å². The Labute approximate surface area is 96.0 Å². The number of aliphatic hydroxyl groups is 1. The lowest BCUT2D eigenvalue weighted by Gasteiger charge is -2.20. The Balaban J connectivity index is 2.72. The molecule has 0 saturated carbocycles. The molecule has 0 aromatic heterocycles. The monoisotopic (exact) mass is 240 g/mol. The summed E-state index contributed by atoms with van der Waals surface area (Å²) in [5.41, 5.74) is 0.505. The lowest BCUT2D eigenvalue weighted by Crippen LogP contribution is -2.18. The first-order chi connectivity index (χ1) is 7.24. The highest BCUT2D eigenvalue weighted by Crippen LogP contribution is 2.37. The van der Waals surface area contributed by atoms with E-state index in [4.69, 9.17) is 0 Å². The summed E-state index contributed by atoms with van der Waals surface area (Å²) in [6, 6.07) is 5.12. The van der Waals surface area contributed by atoms with Crippen LogP contribution in [0.4, 0.5) is 0 Å². The van der Waals surface area contributed by atoms with Gasteiger partial charge in [0, 0.05) is 0 Å². The van der Waals surface area contributed by atoms with E-state index in [1.165, 1.54) is 0 Å². The fourth-order valence-electron chi connectivity index (χ4n) is 2.23. The number of sulfone groups is 1. The molecule has 16 heavy (non-hydrogen) atoms. The van der Waals surface area contributed by atoms with Crippen molar-refractivity contribution in [2.45, 2.75) is 42.9 Å². The van der Waals surface area contributed by atoms with Crippen LogP contribution < -0.4 is 0 Å². The molecular formula is C12H16O3S. The average Bonchev–Trinajstić information content (AvgIpc) is 2.37. The fraction of sp³-hybridized carbons (Fsp3) is 0.500. The van der Waals surface area contributed by atoms with E-state index in [1.54, 1.807) is 39.0 Å². The highest BCUT2D eigenvalue weighted by atomic mass is 32.2. The van der Waals surface area contributed by atoms with E-state index in [0.29, 0.717) is 11.3 Å². The van der Waals surface area contributed by atoms with Crippen molar-refractivity contribution in [2.24, 2.45) is 0 Å². The quantitative estimate of drug-likeness (QED) is 0.811. The van der Waals surface area contributed by atoms with Gasteiger partial charge in [-0.15, -0.1) is 0 Å². The van der Waals surface area contributed by atoms with E-state index in [0.717, 1.165) is 11.1 Å². The van der Waals surface area contributed by atoms with Crippen molar-refractivity contribution >= 4 is 9.84 Å². The van der Waals surface area contributed by atoms with Crippen molar-refractivity contribution in [2.75, 3.05) is 0 Å². The molecule has 1 N–H and O–H groups in total. The zero-order chi connectivity index (χ0) is 12.1. The highest BCUT2D eigenvalue weighted by Gasteiger charge is 2.37. The molecule has 1 atom stereocenters. The second kappa shape index (κ2) is 3.31. The number of hydrogen-bond acceptors (Lipinski definition) is 3. The summed E-state index contributed by atoms with van der Waals surface area (Å²) in [5.74, 6) is 0. The van der Waals surface area contributed by atoms with Crippen molar-refractivity contribution < 1.29 is 13.5 Å².